The number of carboxylic acids is 1. The Morgan fingerprint density at radius 3 is 2.56 bits per heavy atom. The van der Waals surface area contributed by atoms with E-state index in [0.717, 1.165) is 23.3 Å². The first-order valence-electron chi connectivity index (χ1n) is 6.15. The number of hydrogen-bond acceptors (Lipinski definition) is 2. The van der Waals surface area contributed by atoms with Crippen molar-refractivity contribution in [3.05, 3.63) is 41.5 Å². The maximum atomic E-state index is 10.4. The summed E-state index contributed by atoms with van der Waals surface area (Å²) in [6.07, 6.45) is 4.02. The van der Waals surface area contributed by atoms with Gasteiger partial charge in [-0.2, -0.15) is 11.8 Å². The summed E-state index contributed by atoms with van der Waals surface area (Å²) in [5.74, 6) is 2.07. The minimum Gasteiger partial charge on any atom is -0.478 e. The lowest BCUT2D eigenvalue weighted by atomic mass is 10.1. The fourth-order valence-corrected chi connectivity index (χ4v) is 2.61. The van der Waals surface area contributed by atoms with Crippen LogP contribution in [0.15, 0.2) is 30.3 Å². The third kappa shape index (κ3) is 6.50. The monoisotopic (exact) mass is 264 g/mol. The van der Waals surface area contributed by atoms with Gasteiger partial charge < -0.3 is 5.11 Å². The minimum atomic E-state index is -0.914. The Bertz CT molecular complexity index is 393. The van der Waals surface area contributed by atoms with Crippen LogP contribution in [-0.2, 0) is 10.5 Å². The summed E-state index contributed by atoms with van der Waals surface area (Å²) in [7, 11) is 0. The van der Waals surface area contributed by atoms with Crippen LogP contribution in [0.5, 0.6) is 0 Å². The smallest absolute Gasteiger partial charge is 0.328 e. The molecule has 0 spiro atoms. The summed E-state index contributed by atoms with van der Waals surface area (Å²) in [5, 5.41) is 8.53. The fraction of sp³-hybridized carbons (Fsp3) is 0.400. The SMILES string of the molecule is CC(C)CCSCc1ccc(/C=C/C(=O)O)cc1. The van der Waals surface area contributed by atoms with Crippen molar-refractivity contribution in [2.75, 3.05) is 5.75 Å². The molecule has 0 fully saturated rings. The van der Waals surface area contributed by atoms with Crippen molar-refractivity contribution in [2.45, 2.75) is 26.0 Å². The third-order valence-corrected chi connectivity index (χ3v) is 3.57. The van der Waals surface area contributed by atoms with Crippen molar-refractivity contribution < 1.29 is 9.90 Å². The molecular weight excluding hydrogens is 244 g/mol. The molecule has 0 aliphatic carbocycles. The quantitative estimate of drug-likeness (QED) is 0.596. The second kappa shape index (κ2) is 7.98. The van der Waals surface area contributed by atoms with Crippen LogP contribution in [0.2, 0.25) is 0 Å². The molecule has 0 heterocycles. The Morgan fingerprint density at radius 1 is 1.33 bits per heavy atom. The van der Waals surface area contributed by atoms with Crippen molar-refractivity contribution in [3.8, 4) is 0 Å². The molecule has 0 aliphatic rings. The van der Waals surface area contributed by atoms with E-state index in [0.29, 0.717) is 0 Å². The molecule has 0 radical (unpaired) electrons. The molecule has 1 aromatic carbocycles. The summed E-state index contributed by atoms with van der Waals surface area (Å²) >= 11 is 1.95. The molecule has 1 aromatic rings. The molecule has 0 amide bonds. The Labute approximate surface area is 113 Å². The average Bonchev–Trinajstić information content (AvgIpc) is 2.33. The molecule has 0 bridgehead atoms. The second-order valence-corrected chi connectivity index (χ2v) is 5.75. The van der Waals surface area contributed by atoms with Gasteiger partial charge in [-0.1, -0.05) is 38.1 Å². The number of hydrogen-bond donors (Lipinski definition) is 1. The fourth-order valence-electron chi connectivity index (χ4n) is 1.40. The van der Waals surface area contributed by atoms with Crippen LogP contribution < -0.4 is 0 Å². The van der Waals surface area contributed by atoms with Gasteiger partial charge in [0.15, 0.2) is 0 Å². The van der Waals surface area contributed by atoms with E-state index in [9.17, 15) is 4.79 Å². The largest absolute Gasteiger partial charge is 0.478 e. The molecule has 0 saturated carbocycles. The van der Waals surface area contributed by atoms with E-state index < -0.39 is 5.97 Å². The average molecular weight is 264 g/mol. The lowest BCUT2D eigenvalue weighted by Gasteiger charge is -2.04. The van der Waals surface area contributed by atoms with Crippen LogP contribution in [-0.4, -0.2) is 16.8 Å². The van der Waals surface area contributed by atoms with Gasteiger partial charge in [0.25, 0.3) is 0 Å². The molecule has 0 aliphatic heterocycles. The number of benzene rings is 1. The predicted molar refractivity (Wildman–Crippen MR) is 78.7 cm³/mol. The summed E-state index contributed by atoms with van der Waals surface area (Å²) in [6, 6.07) is 8.03. The first-order chi connectivity index (χ1) is 8.58. The van der Waals surface area contributed by atoms with Crippen LogP contribution in [0.4, 0.5) is 0 Å². The summed E-state index contributed by atoms with van der Waals surface area (Å²) in [6.45, 7) is 4.48. The van der Waals surface area contributed by atoms with E-state index >= 15 is 0 Å². The molecule has 1 N–H and O–H groups in total. The zero-order valence-electron chi connectivity index (χ0n) is 10.9. The molecule has 1 rings (SSSR count). The van der Waals surface area contributed by atoms with Crippen LogP contribution in [0.1, 0.15) is 31.4 Å². The van der Waals surface area contributed by atoms with Crippen molar-refractivity contribution in [1.82, 2.24) is 0 Å². The lowest BCUT2D eigenvalue weighted by Crippen LogP contribution is -1.90. The molecular formula is C15H20O2S. The minimum absolute atomic E-state index is 0.765. The van der Waals surface area contributed by atoms with E-state index in [2.05, 4.69) is 26.0 Å². The zero-order chi connectivity index (χ0) is 13.4. The Kier molecular flexibility index (Phi) is 6.58. The van der Waals surface area contributed by atoms with Crippen molar-refractivity contribution in [3.63, 3.8) is 0 Å². The van der Waals surface area contributed by atoms with Crippen molar-refractivity contribution in [1.29, 1.82) is 0 Å². The normalized spacial score (nSPS) is 11.3. The summed E-state index contributed by atoms with van der Waals surface area (Å²) < 4.78 is 0. The molecule has 18 heavy (non-hydrogen) atoms. The van der Waals surface area contributed by atoms with Crippen LogP contribution in [0, 0.1) is 5.92 Å². The first kappa shape index (κ1) is 14.8. The highest BCUT2D eigenvalue weighted by molar-refractivity contribution is 7.98. The van der Waals surface area contributed by atoms with Crippen LogP contribution in [0.25, 0.3) is 6.08 Å². The van der Waals surface area contributed by atoms with Crippen molar-refractivity contribution in [2.24, 2.45) is 5.92 Å². The maximum Gasteiger partial charge on any atom is 0.328 e. The number of rotatable bonds is 7. The van der Waals surface area contributed by atoms with Gasteiger partial charge in [0.05, 0.1) is 0 Å². The van der Waals surface area contributed by atoms with E-state index in [-0.39, 0.29) is 0 Å². The molecule has 3 heteroatoms. The lowest BCUT2D eigenvalue weighted by molar-refractivity contribution is -0.131. The number of thioether (sulfide) groups is 1. The topological polar surface area (TPSA) is 37.3 Å². The highest BCUT2D eigenvalue weighted by atomic mass is 32.2. The Balaban J connectivity index is 2.38. The van der Waals surface area contributed by atoms with Gasteiger partial charge in [-0.25, -0.2) is 4.79 Å². The Hall–Kier alpha value is -1.22. The summed E-state index contributed by atoms with van der Waals surface area (Å²) in [4.78, 5) is 10.4. The van der Waals surface area contributed by atoms with E-state index in [1.807, 2.05) is 23.9 Å². The van der Waals surface area contributed by atoms with Gasteiger partial charge in [0, 0.05) is 11.8 Å². The molecule has 0 atom stereocenters. The number of carbonyl (C=O) groups is 1. The predicted octanol–water partition coefficient (Wildman–Crippen LogP) is 4.06. The molecule has 98 valence electrons. The highest BCUT2D eigenvalue weighted by Gasteiger charge is 1.97. The first-order valence-corrected chi connectivity index (χ1v) is 7.31. The Morgan fingerprint density at radius 2 is 2.00 bits per heavy atom. The standard InChI is InChI=1S/C15H20O2S/c1-12(2)9-10-18-11-14-5-3-13(4-6-14)7-8-15(16)17/h3-8,12H,9-11H2,1-2H3,(H,16,17)/b8-7+. The van der Waals surface area contributed by atoms with Gasteiger partial charge in [-0.3, -0.25) is 0 Å². The second-order valence-electron chi connectivity index (χ2n) is 4.65. The van der Waals surface area contributed by atoms with Gasteiger partial charge >= 0.3 is 5.97 Å². The van der Waals surface area contributed by atoms with Gasteiger partial charge in [0.1, 0.15) is 0 Å². The van der Waals surface area contributed by atoms with Crippen LogP contribution >= 0.6 is 11.8 Å². The summed E-state index contributed by atoms with van der Waals surface area (Å²) in [5.41, 5.74) is 2.21. The molecule has 2 nitrogen and oxygen atoms in total. The van der Waals surface area contributed by atoms with Gasteiger partial charge in [0.2, 0.25) is 0 Å². The molecule has 0 aromatic heterocycles. The van der Waals surface area contributed by atoms with Crippen LogP contribution in [0.3, 0.4) is 0 Å². The maximum absolute atomic E-state index is 10.4. The number of carboxylic acid groups (broad SMARTS) is 1. The number of aliphatic carboxylic acids is 1. The van der Waals surface area contributed by atoms with E-state index in [1.165, 1.54) is 17.7 Å². The van der Waals surface area contributed by atoms with Crippen molar-refractivity contribution >= 4 is 23.8 Å². The molecule has 0 unspecified atom stereocenters. The van der Waals surface area contributed by atoms with Gasteiger partial charge in [-0.05, 0) is 35.3 Å². The third-order valence-electron chi connectivity index (χ3n) is 2.51. The molecule has 0 saturated heterocycles. The zero-order valence-corrected chi connectivity index (χ0v) is 11.7. The van der Waals surface area contributed by atoms with Gasteiger partial charge in [-0.15, -0.1) is 0 Å². The highest BCUT2D eigenvalue weighted by Crippen LogP contribution is 2.16. The van der Waals surface area contributed by atoms with E-state index in [1.54, 1.807) is 6.08 Å². The van der Waals surface area contributed by atoms with E-state index in [4.69, 9.17) is 5.11 Å².